The van der Waals surface area contributed by atoms with Crippen molar-refractivity contribution >= 4 is 37.4 Å². The van der Waals surface area contributed by atoms with E-state index in [0.29, 0.717) is 27.0 Å². The number of hydrogen-bond donors (Lipinski definition) is 1. The molecule has 0 saturated heterocycles. The molecule has 0 aliphatic carbocycles. The molecule has 2 N–H and O–H groups in total. The molecular formula is C26H19BrFN3O4S. The molecule has 2 aliphatic heterocycles. The van der Waals surface area contributed by atoms with E-state index in [1.165, 1.54) is 29.6 Å². The molecule has 0 spiro atoms. The Morgan fingerprint density at radius 1 is 1.17 bits per heavy atom. The van der Waals surface area contributed by atoms with Gasteiger partial charge in [-0.25, -0.2) is 12.8 Å². The second-order valence-corrected chi connectivity index (χ2v) is 10.9. The summed E-state index contributed by atoms with van der Waals surface area (Å²) in [6.45, 7) is -0.0257. The molecule has 7 nitrogen and oxygen atoms in total. The van der Waals surface area contributed by atoms with Gasteiger partial charge >= 0.3 is 0 Å². The Hall–Kier alpha value is -3.81. The molecule has 182 valence electrons. The van der Waals surface area contributed by atoms with Crippen molar-refractivity contribution in [2.45, 2.75) is 12.5 Å². The van der Waals surface area contributed by atoms with E-state index < -0.39 is 21.8 Å². The van der Waals surface area contributed by atoms with E-state index in [4.69, 9.17) is 15.2 Å². The van der Waals surface area contributed by atoms with Gasteiger partial charge in [0.15, 0.2) is 5.76 Å². The molecule has 5 rings (SSSR count). The summed E-state index contributed by atoms with van der Waals surface area (Å²) in [7, 11) is -2.80. The Kier molecular flexibility index (Phi) is 5.98. The largest absolute Gasteiger partial charge is 0.497 e. The molecule has 0 saturated carbocycles. The lowest BCUT2D eigenvalue weighted by Crippen LogP contribution is -2.39. The molecule has 0 aromatic heterocycles. The highest BCUT2D eigenvalue weighted by molar-refractivity contribution is 9.10. The number of allylic oxidation sites excluding steroid dienone is 2. The number of fused-ring (bicyclic) bond motifs is 2. The van der Waals surface area contributed by atoms with Crippen LogP contribution >= 0.6 is 15.9 Å². The number of para-hydroxylation sites is 1. The number of anilines is 1. The third-order valence-electron chi connectivity index (χ3n) is 6.09. The van der Waals surface area contributed by atoms with Gasteiger partial charge in [-0.3, -0.25) is 4.31 Å². The van der Waals surface area contributed by atoms with Crippen LogP contribution in [0.15, 0.2) is 87.6 Å². The van der Waals surface area contributed by atoms with Crippen LogP contribution in [0.25, 0.3) is 5.76 Å². The van der Waals surface area contributed by atoms with E-state index in [9.17, 15) is 13.7 Å². The number of nitrogens with zero attached hydrogens (tertiary/aromatic N) is 2. The lowest BCUT2D eigenvalue weighted by atomic mass is 9.88. The van der Waals surface area contributed by atoms with E-state index in [-0.39, 0.29) is 34.2 Å². The predicted octanol–water partition coefficient (Wildman–Crippen LogP) is 5.12. The molecule has 2 heterocycles. The summed E-state index contributed by atoms with van der Waals surface area (Å²) in [6.07, 6.45) is 0. The van der Waals surface area contributed by atoms with Gasteiger partial charge < -0.3 is 15.2 Å². The quantitative estimate of drug-likeness (QED) is 0.468. The van der Waals surface area contributed by atoms with Crippen LogP contribution in [-0.4, -0.2) is 15.5 Å². The van der Waals surface area contributed by atoms with Crippen molar-refractivity contribution in [2.75, 3.05) is 11.4 Å². The molecule has 0 unspecified atom stereocenters. The highest BCUT2D eigenvalue weighted by Crippen LogP contribution is 2.51. The number of halogens is 2. The molecular weight excluding hydrogens is 549 g/mol. The van der Waals surface area contributed by atoms with Crippen molar-refractivity contribution in [3.8, 4) is 11.8 Å². The average molecular weight is 568 g/mol. The molecule has 10 heteroatoms. The minimum absolute atomic E-state index is 0.0102. The summed E-state index contributed by atoms with van der Waals surface area (Å²) in [5.74, 6) is -1.69. The van der Waals surface area contributed by atoms with Gasteiger partial charge in [0, 0.05) is 15.6 Å². The third-order valence-corrected chi connectivity index (χ3v) is 8.46. The van der Waals surface area contributed by atoms with Crippen LogP contribution in [0.4, 0.5) is 10.1 Å². The Morgan fingerprint density at radius 3 is 2.69 bits per heavy atom. The summed E-state index contributed by atoms with van der Waals surface area (Å²) in [6, 6.07) is 20.0. The first kappa shape index (κ1) is 23.9. The summed E-state index contributed by atoms with van der Waals surface area (Å²) in [5, 5.41) is 9.92. The van der Waals surface area contributed by atoms with Crippen molar-refractivity contribution in [3.63, 3.8) is 0 Å². The molecule has 36 heavy (non-hydrogen) atoms. The van der Waals surface area contributed by atoms with Crippen LogP contribution in [0.3, 0.4) is 0 Å². The van der Waals surface area contributed by atoms with Crippen LogP contribution in [-0.2, 0) is 21.3 Å². The van der Waals surface area contributed by atoms with E-state index in [2.05, 4.69) is 15.9 Å². The fourth-order valence-electron chi connectivity index (χ4n) is 4.46. The number of ether oxygens (including phenoxy) is 2. The van der Waals surface area contributed by atoms with Gasteiger partial charge in [-0.1, -0.05) is 40.2 Å². The maximum atomic E-state index is 15.1. The number of benzene rings is 3. The third kappa shape index (κ3) is 3.81. The second-order valence-electron chi connectivity index (χ2n) is 8.16. The predicted molar refractivity (Wildman–Crippen MR) is 136 cm³/mol. The zero-order chi connectivity index (χ0) is 25.6. The Morgan fingerprint density at radius 2 is 1.94 bits per heavy atom. The Labute approximate surface area is 216 Å². The molecule has 0 amide bonds. The summed E-state index contributed by atoms with van der Waals surface area (Å²) in [4.78, 5) is -0.244. The summed E-state index contributed by atoms with van der Waals surface area (Å²) >= 11 is 3.32. The van der Waals surface area contributed by atoms with Crippen LogP contribution in [0, 0.1) is 17.1 Å². The van der Waals surface area contributed by atoms with Crippen molar-refractivity contribution < 1.29 is 22.3 Å². The first-order valence-electron chi connectivity index (χ1n) is 10.8. The Bertz CT molecular complexity index is 1610. The Balaban J connectivity index is 1.77. The van der Waals surface area contributed by atoms with Crippen molar-refractivity contribution in [1.29, 1.82) is 5.26 Å². The highest BCUT2D eigenvalue weighted by Gasteiger charge is 2.47. The van der Waals surface area contributed by atoms with Gasteiger partial charge in [-0.15, -0.1) is 0 Å². The number of rotatable bonds is 4. The summed E-state index contributed by atoms with van der Waals surface area (Å²) < 4.78 is 56.5. The van der Waals surface area contributed by atoms with E-state index in [1.54, 1.807) is 48.5 Å². The molecule has 0 fully saturated rings. The summed E-state index contributed by atoms with van der Waals surface area (Å²) in [5.41, 5.74) is 7.41. The smallest absolute Gasteiger partial charge is 0.265 e. The van der Waals surface area contributed by atoms with E-state index >= 15 is 4.39 Å². The zero-order valence-electron chi connectivity index (χ0n) is 18.9. The van der Waals surface area contributed by atoms with Crippen LogP contribution in [0.5, 0.6) is 5.75 Å². The fraction of sp³-hybridized carbons (Fsp3) is 0.115. The van der Waals surface area contributed by atoms with Crippen LogP contribution in [0.2, 0.25) is 0 Å². The van der Waals surface area contributed by atoms with Gasteiger partial charge in [0.05, 0.1) is 25.3 Å². The number of hydrogen-bond acceptors (Lipinski definition) is 6. The first-order valence-corrected chi connectivity index (χ1v) is 13.0. The number of nitriles is 1. The van der Waals surface area contributed by atoms with Gasteiger partial charge in [0.2, 0.25) is 5.88 Å². The first-order chi connectivity index (χ1) is 17.3. The molecule has 3 aromatic carbocycles. The normalized spacial score (nSPS) is 18.2. The lowest BCUT2D eigenvalue weighted by molar-refractivity contribution is 0.357. The maximum Gasteiger partial charge on any atom is 0.265 e. The zero-order valence-corrected chi connectivity index (χ0v) is 21.3. The standard InChI is InChI=1S/C26H19BrFN3O4S/c1-34-17-6-4-5-15(11-17)14-31-22-8-3-2-7-18(22)24-25(36(31,32)33)23(20(13-29)26(30)35-24)19-12-16(27)9-10-21(19)28/h2-12,23H,14,30H2,1H3/t23-/m0/s1. The van der Waals surface area contributed by atoms with Crippen LogP contribution < -0.4 is 14.8 Å². The number of methoxy groups -OCH3 is 1. The topological polar surface area (TPSA) is 106 Å². The molecule has 0 radical (unpaired) electrons. The minimum atomic E-state index is -4.32. The lowest BCUT2D eigenvalue weighted by Gasteiger charge is -2.38. The average Bonchev–Trinajstić information content (AvgIpc) is 2.87. The monoisotopic (exact) mass is 567 g/mol. The minimum Gasteiger partial charge on any atom is -0.497 e. The van der Waals surface area contributed by atoms with E-state index in [1.807, 2.05) is 6.07 Å². The van der Waals surface area contributed by atoms with Gasteiger partial charge in [-0.05, 0) is 48.0 Å². The van der Waals surface area contributed by atoms with Crippen LogP contribution in [0.1, 0.15) is 22.6 Å². The van der Waals surface area contributed by atoms with Gasteiger partial charge in [0.1, 0.15) is 28.1 Å². The SMILES string of the molecule is COc1cccc(CN2c3ccccc3C3=C([C@@H](c4cc(Br)ccc4F)C(C#N)=C(N)O3)S2(=O)=O)c1. The van der Waals surface area contributed by atoms with E-state index in [0.717, 1.165) is 0 Å². The molecule has 0 bridgehead atoms. The number of sulfonamides is 1. The molecule has 1 atom stereocenters. The van der Waals surface area contributed by atoms with Crippen molar-refractivity contribution in [2.24, 2.45) is 5.73 Å². The number of nitrogens with two attached hydrogens (primary N) is 1. The van der Waals surface area contributed by atoms with Gasteiger partial charge in [-0.2, -0.15) is 5.26 Å². The highest BCUT2D eigenvalue weighted by atomic mass is 79.9. The maximum absolute atomic E-state index is 15.1. The van der Waals surface area contributed by atoms with Gasteiger partial charge in [0.25, 0.3) is 10.0 Å². The molecule has 3 aromatic rings. The molecule has 2 aliphatic rings. The van der Waals surface area contributed by atoms with Crippen molar-refractivity contribution in [3.05, 3.63) is 110 Å². The fourth-order valence-corrected chi connectivity index (χ4v) is 6.75. The second kappa shape index (κ2) is 9.00. The van der Waals surface area contributed by atoms with Crippen molar-refractivity contribution in [1.82, 2.24) is 0 Å².